The van der Waals surface area contributed by atoms with Gasteiger partial charge in [-0.2, -0.15) is 11.8 Å². The van der Waals surface area contributed by atoms with Gasteiger partial charge in [-0.3, -0.25) is 4.99 Å². The first-order chi connectivity index (χ1) is 8.27. The van der Waals surface area contributed by atoms with Crippen molar-refractivity contribution in [2.75, 3.05) is 38.3 Å². The smallest absolute Gasteiger partial charge is 0.188 e. The number of thioether (sulfide) groups is 1. The van der Waals surface area contributed by atoms with Crippen LogP contribution in [0, 0.1) is 11.3 Å². The normalized spacial score (nSPS) is 27.1. The molecule has 2 aliphatic rings. The van der Waals surface area contributed by atoms with E-state index in [1.165, 1.54) is 30.8 Å². The van der Waals surface area contributed by atoms with Gasteiger partial charge >= 0.3 is 0 Å². The SMILES string of the molecule is COCCNC(N)=NCC1CC12CCSCC2. The molecule has 0 aromatic carbocycles. The van der Waals surface area contributed by atoms with Crippen molar-refractivity contribution >= 4 is 17.7 Å². The lowest BCUT2D eigenvalue weighted by atomic mass is 9.96. The molecule has 0 amide bonds. The summed E-state index contributed by atoms with van der Waals surface area (Å²) in [6.45, 7) is 2.30. The van der Waals surface area contributed by atoms with E-state index in [2.05, 4.69) is 22.1 Å². The summed E-state index contributed by atoms with van der Waals surface area (Å²) in [5, 5.41) is 3.06. The summed E-state index contributed by atoms with van der Waals surface area (Å²) in [5.74, 6) is 4.02. The Bertz CT molecular complexity index is 277. The molecule has 0 aromatic rings. The fraction of sp³-hybridized carbons (Fsp3) is 0.917. The first-order valence-electron chi connectivity index (χ1n) is 6.37. The molecule has 4 nitrogen and oxygen atoms in total. The molecule has 5 heteroatoms. The van der Waals surface area contributed by atoms with Crippen molar-refractivity contribution in [1.29, 1.82) is 0 Å². The zero-order valence-electron chi connectivity index (χ0n) is 10.6. The lowest BCUT2D eigenvalue weighted by Gasteiger charge is -2.21. The Hall–Kier alpha value is -0.420. The average Bonchev–Trinajstić information content (AvgIpc) is 3.00. The third-order valence-corrected chi connectivity index (χ3v) is 4.93. The minimum Gasteiger partial charge on any atom is -0.383 e. The lowest BCUT2D eigenvalue weighted by molar-refractivity contribution is 0.204. The molecule has 3 N–H and O–H groups in total. The Kier molecular flexibility index (Phi) is 4.56. The van der Waals surface area contributed by atoms with Crippen LogP contribution in [0.4, 0.5) is 0 Å². The molecule has 0 aromatic heterocycles. The predicted octanol–water partition coefficient (Wildman–Crippen LogP) is 1.07. The van der Waals surface area contributed by atoms with Crippen molar-refractivity contribution in [3.8, 4) is 0 Å². The van der Waals surface area contributed by atoms with E-state index >= 15 is 0 Å². The molecular formula is C12H23N3OS. The fourth-order valence-corrected chi connectivity index (χ4v) is 3.93. The molecule has 1 saturated heterocycles. The van der Waals surface area contributed by atoms with Crippen LogP contribution in [0.15, 0.2) is 4.99 Å². The number of hydrogen-bond acceptors (Lipinski definition) is 3. The van der Waals surface area contributed by atoms with Gasteiger partial charge in [0, 0.05) is 20.2 Å². The molecule has 0 bridgehead atoms. The van der Waals surface area contributed by atoms with Crippen molar-refractivity contribution in [3.63, 3.8) is 0 Å². The van der Waals surface area contributed by atoms with E-state index in [1.54, 1.807) is 7.11 Å². The lowest BCUT2D eigenvalue weighted by Crippen LogP contribution is -2.34. The van der Waals surface area contributed by atoms with Gasteiger partial charge in [0.2, 0.25) is 0 Å². The summed E-state index contributed by atoms with van der Waals surface area (Å²) < 4.78 is 4.94. The number of rotatable bonds is 5. The van der Waals surface area contributed by atoms with Crippen molar-refractivity contribution in [3.05, 3.63) is 0 Å². The average molecular weight is 257 g/mol. The van der Waals surface area contributed by atoms with Gasteiger partial charge in [-0.25, -0.2) is 0 Å². The van der Waals surface area contributed by atoms with E-state index in [-0.39, 0.29) is 0 Å². The molecule has 1 spiro atoms. The van der Waals surface area contributed by atoms with Gasteiger partial charge in [-0.15, -0.1) is 0 Å². The quantitative estimate of drug-likeness (QED) is 0.439. The van der Waals surface area contributed by atoms with E-state index in [0.29, 0.717) is 18.0 Å². The summed E-state index contributed by atoms with van der Waals surface area (Å²) in [4.78, 5) is 4.43. The maximum absolute atomic E-state index is 5.79. The van der Waals surface area contributed by atoms with Gasteiger partial charge in [0.1, 0.15) is 0 Å². The molecule has 1 aliphatic carbocycles. The minimum atomic E-state index is 0.564. The first kappa shape index (κ1) is 13.0. The molecule has 1 heterocycles. The van der Waals surface area contributed by atoms with Gasteiger partial charge in [-0.1, -0.05) is 0 Å². The van der Waals surface area contributed by atoms with Crippen LogP contribution in [0.5, 0.6) is 0 Å². The summed E-state index contributed by atoms with van der Waals surface area (Å²) in [6.07, 6.45) is 4.13. The third kappa shape index (κ3) is 3.52. The van der Waals surface area contributed by atoms with Crippen LogP contribution in [-0.2, 0) is 4.74 Å². The molecule has 98 valence electrons. The maximum atomic E-state index is 5.79. The number of nitrogens with one attached hydrogen (secondary N) is 1. The summed E-state index contributed by atoms with van der Waals surface area (Å²) >= 11 is 2.09. The zero-order chi connectivity index (χ0) is 12.1. The maximum Gasteiger partial charge on any atom is 0.188 e. The van der Waals surface area contributed by atoms with Crippen LogP contribution in [-0.4, -0.2) is 44.3 Å². The highest BCUT2D eigenvalue weighted by Gasteiger charge is 2.53. The zero-order valence-corrected chi connectivity index (χ0v) is 11.4. The standard InChI is InChI=1S/C12H23N3OS/c1-16-5-4-14-11(13)15-9-10-8-12(10)2-6-17-7-3-12/h10H,2-9H2,1H3,(H3,13,14,15). The minimum absolute atomic E-state index is 0.564. The first-order valence-corrected chi connectivity index (χ1v) is 7.53. The Morgan fingerprint density at radius 3 is 3.00 bits per heavy atom. The van der Waals surface area contributed by atoms with Crippen LogP contribution in [0.2, 0.25) is 0 Å². The number of nitrogens with zero attached hydrogens (tertiary/aromatic N) is 1. The van der Waals surface area contributed by atoms with Crippen LogP contribution in [0.3, 0.4) is 0 Å². The molecule has 2 rings (SSSR count). The summed E-state index contributed by atoms with van der Waals surface area (Å²) in [5.41, 5.74) is 6.43. The second-order valence-electron chi connectivity index (χ2n) is 5.02. The second-order valence-corrected chi connectivity index (χ2v) is 6.25. The van der Waals surface area contributed by atoms with Gasteiger partial charge in [0.25, 0.3) is 0 Å². The Morgan fingerprint density at radius 1 is 1.53 bits per heavy atom. The Morgan fingerprint density at radius 2 is 2.29 bits per heavy atom. The van der Waals surface area contributed by atoms with Gasteiger partial charge in [0.15, 0.2) is 5.96 Å². The number of methoxy groups -OCH3 is 1. The topological polar surface area (TPSA) is 59.6 Å². The van der Waals surface area contributed by atoms with Gasteiger partial charge in [-0.05, 0) is 42.1 Å². The molecular weight excluding hydrogens is 234 g/mol. The van der Waals surface area contributed by atoms with E-state index in [9.17, 15) is 0 Å². The fourth-order valence-electron chi connectivity index (χ4n) is 2.63. The number of hydrogen-bond donors (Lipinski definition) is 2. The predicted molar refractivity (Wildman–Crippen MR) is 73.5 cm³/mol. The number of ether oxygens (including phenoxy) is 1. The number of guanidine groups is 1. The van der Waals surface area contributed by atoms with Gasteiger partial charge < -0.3 is 15.8 Å². The van der Waals surface area contributed by atoms with Crippen LogP contribution >= 0.6 is 11.8 Å². The van der Waals surface area contributed by atoms with Crippen LogP contribution in [0.25, 0.3) is 0 Å². The Labute approximate surface area is 108 Å². The highest BCUT2D eigenvalue weighted by atomic mass is 32.2. The summed E-state index contributed by atoms with van der Waals surface area (Å²) in [7, 11) is 1.68. The number of nitrogens with two attached hydrogens (primary N) is 1. The highest BCUT2D eigenvalue weighted by molar-refractivity contribution is 7.99. The monoisotopic (exact) mass is 257 g/mol. The third-order valence-electron chi connectivity index (χ3n) is 3.94. The molecule has 2 fully saturated rings. The van der Waals surface area contributed by atoms with E-state index in [0.717, 1.165) is 19.0 Å². The molecule has 0 radical (unpaired) electrons. The molecule has 1 aliphatic heterocycles. The highest BCUT2D eigenvalue weighted by Crippen LogP contribution is 2.60. The van der Waals surface area contributed by atoms with Crippen molar-refractivity contribution in [2.45, 2.75) is 19.3 Å². The molecule has 1 unspecified atom stereocenters. The van der Waals surface area contributed by atoms with E-state index in [1.807, 2.05) is 0 Å². The van der Waals surface area contributed by atoms with Crippen molar-refractivity contribution in [1.82, 2.24) is 5.32 Å². The van der Waals surface area contributed by atoms with E-state index < -0.39 is 0 Å². The van der Waals surface area contributed by atoms with Crippen LogP contribution in [0.1, 0.15) is 19.3 Å². The Balaban J connectivity index is 1.67. The molecule has 1 saturated carbocycles. The van der Waals surface area contributed by atoms with Crippen molar-refractivity contribution in [2.24, 2.45) is 22.1 Å². The molecule has 1 atom stereocenters. The molecule has 17 heavy (non-hydrogen) atoms. The number of aliphatic imine (C=N–C) groups is 1. The van der Waals surface area contributed by atoms with E-state index in [4.69, 9.17) is 10.5 Å². The second kappa shape index (κ2) is 5.96. The summed E-state index contributed by atoms with van der Waals surface area (Å²) in [6, 6.07) is 0. The van der Waals surface area contributed by atoms with Crippen molar-refractivity contribution < 1.29 is 4.74 Å². The largest absolute Gasteiger partial charge is 0.383 e. The van der Waals surface area contributed by atoms with Gasteiger partial charge in [0.05, 0.1) is 6.61 Å². The van der Waals surface area contributed by atoms with Crippen LogP contribution < -0.4 is 11.1 Å².